The molecule has 5 N–H and O–H groups in total. The summed E-state index contributed by atoms with van der Waals surface area (Å²) in [4.78, 5) is 26.7. The van der Waals surface area contributed by atoms with E-state index in [0.29, 0.717) is 53.6 Å². The van der Waals surface area contributed by atoms with E-state index in [0.717, 1.165) is 49.7 Å². The van der Waals surface area contributed by atoms with Crippen LogP contribution in [0.3, 0.4) is 0 Å². The minimum absolute atomic E-state index is 0. The summed E-state index contributed by atoms with van der Waals surface area (Å²) in [5.41, 5.74) is 8.28. The zero-order chi connectivity index (χ0) is 24.2. The summed E-state index contributed by atoms with van der Waals surface area (Å²) in [5.74, 6) is 1.16. The Labute approximate surface area is 234 Å². The lowest BCUT2D eigenvalue weighted by molar-refractivity contribution is 0.0955. The highest BCUT2D eigenvalue weighted by atomic mass is 35.5. The molecular formula is C25H35Cl3N8O. The quantitative estimate of drug-likeness (QED) is 0.283. The van der Waals surface area contributed by atoms with Gasteiger partial charge in [0.1, 0.15) is 0 Å². The Morgan fingerprint density at radius 2 is 1.70 bits per heavy atom. The molecule has 2 fully saturated rings. The number of halogens is 3. The van der Waals surface area contributed by atoms with Crippen molar-refractivity contribution in [2.45, 2.75) is 69.5 Å². The first-order valence-corrected chi connectivity index (χ1v) is 13.0. The summed E-state index contributed by atoms with van der Waals surface area (Å²) in [6, 6.07) is 7.89. The first-order valence-electron chi connectivity index (χ1n) is 12.6. The molecule has 0 atom stereocenters. The number of hydrogen-bond acceptors (Lipinski definition) is 7. The van der Waals surface area contributed by atoms with Gasteiger partial charge in [-0.2, -0.15) is 9.97 Å². The van der Waals surface area contributed by atoms with Crippen LogP contribution in [-0.4, -0.2) is 50.6 Å². The number of amides is 1. The molecule has 2 aliphatic carbocycles. The minimum atomic E-state index is -0.139. The summed E-state index contributed by atoms with van der Waals surface area (Å²) in [6.07, 6.45) is 10.7. The second kappa shape index (κ2) is 13.5. The van der Waals surface area contributed by atoms with Crippen molar-refractivity contribution in [2.24, 2.45) is 5.73 Å². The zero-order valence-corrected chi connectivity index (χ0v) is 23.0. The molecule has 0 saturated heterocycles. The van der Waals surface area contributed by atoms with Crippen molar-refractivity contribution < 1.29 is 4.79 Å². The molecule has 12 heteroatoms. The average molecular weight is 570 g/mol. The number of hydrogen-bond donors (Lipinski definition) is 4. The van der Waals surface area contributed by atoms with Crippen LogP contribution in [0.25, 0.3) is 11.2 Å². The maximum atomic E-state index is 12.4. The maximum Gasteiger partial charge on any atom is 0.251 e. The predicted octanol–water partition coefficient (Wildman–Crippen LogP) is 4.96. The topological polar surface area (TPSA) is 123 Å². The predicted molar refractivity (Wildman–Crippen MR) is 153 cm³/mol. The van der Waals surface area contributed by atoms with E-state index >= 15 is 0 Å². The molecule has 0 bridgehead atoms. The number of benzene rings is 1. The fourth-order valence-corrected chi connectivity index (χ4v) is 5.19. The Kier molecular flexibility index (Phi) is 10.6. The van der Waals surface area contributed by atoms with Crippen LogP contribution in [-0.2, 0) is 0 Å². The van der Waals surface area contributed by atoms with Crippen LogP contribution < -0.4 is 21.7 Å². The number of aromatic nitrogens is 4. The molecule has 37 heavy (non-hydrogen) atoms. The highest BCUT2D eigenvalue weighted by Crippen LogP contribution is 2.33. The number of rotatable bonds is 8. The fourth-order valence-electron chi connectivity index (χ4n) is 5.06. The highest BCUT2D eigenvalue weighted by molar-refractivity contribution is 6.30. The molecule has 3 aromatic rings. The monoisotopic (exact) mass is 568 g/mol. The van der Waals surface area contributed by atoms with Crippen molar-refractivity contribution in [3.63, 3.8) is 0 Å². The molecule has 0 unspecified atom stereocenters. The largest absolute Gasteiger partial charge is 0.366 e. The third-order valence-electron chi connectivity index (χ3n) is 7.05. The Hall–Kier alpha value is -2.33. The molecule has 1 aromatic carbocycles. The van der Waals surface area contributed by atoms with Crippen LogP contribution >= 0.6 is 36.4 Å². The van der Waals surface area contributed by atoms with Crippen LogP contribution in [0.15, 0.2) is 30.6 Å². The van der Waals surface area contributed by atoms with E-state index in [4.69, 9.17) is 27.3 Å². The van der Waals surface area contributed by atoms with Gasteiger partial charge in [0.15, 0.2) is 17.0 Å². The van der Waals surface area contributed by atoms with Gasteiger partial charge >= 0.3 is 0 Å². The van der Waals surface area contributed by atoms with Crippen LogP contribution in [0.5, 0.6) is 0 Å². The van der Waals surface area contributed by atoms with Crippen molar-refractivity contribution >= 4 is 65.3 Å². The normalized spacial score (nSPS) is 19.6. The lowest BCUT2D eigenvalue weighted by Gasteiger charge is -2.27. The van der Waals surface area contributed by atoms with Crippen LogP contribution in [0, 0.1) is 0 Å². The van der Waals surface area contributed by atoms with Gasteiger partial charge in [0.05, 0.1) is 6.33 Å². The Morgan fingerprint density at radius 1 is 1.00 bits per heavy atom. The van der Waals surface area contributed by atoms with E-state index < -0.39 is 0 Å². The summed E-state index contributed by atoms with van der Waals surface area (Å²) < 4.78 is 2.21. The van der Waals surface area contributed by atoms with Crippen LogP contribution in [0.1, 0.15) is 67.8 Å². The molecule has 0 spiro atoms. The van der Waals surface area contributed by atoms with Gasteiger partial charge < -0.3 is 26.3 Å². The van der Waals surface area contributed by atoms with Crippen molar-refractivity contribution in [2.75, 3.05) is 23.7 Å². The van der Waals surface area contributed by atoms with Crippen molar-refractivity contribution in [1.29, 1.82) is 0 Å². The molecule has 2 aromatic heterocycles. The SMILES string of the molecule is Cl.Cl.NC1CCC(Nc2nc(NCCNC(=O)c3ccc(Cl)cc3)c3ncn(C4CCCC4)c3n2)CC1. The van der Waals surface area contributed by atoms with Gasteiger partial charge in [0, 0.05) is 41.8 Å². The van der Waals surface area contributed by atoms with Crippen LogP contribution in [0.2, 0.25) is 5.02 Å². The van der Waals surface area contributed by atoms with Gasteiger partial charge in [-0.05, 0) is 62.8 Å². The first kappa shape index (κ1) is 29.2. The number of anilines is 2. The fraction of sp³-hybridized carbons (Fsp3) is 0.520. The molecule has 0 radical (unpaired) electrons. The molecule has 2 aliphatic rings. The number of fused-ring (bicyclic) bond motifs is 1. The highest BCUT2D eigenvalue weighted by Gasteiger charge is 2.23. The Bertz CT molecular complexity index is 1160. The lowest BCUT2D eigenvalue weighted by Crippen LogP contribution is -2.33. The van der Waals surface area contributed by atoms with E-state index in [1.54, 1.807) is 24.3 Å². The van der Waals surface area contributed by atoms with E-state index in [2.05, 4.69) is 25.5 Å². The van der Waals surface area contributed by atoms with E-state index in [1.807, 2.05) is 6.33 Å². The molecule has 2 heterocycles. The lowest BCUT2D eigenvalue weighted by atomic mass is 9.92. The standard InChI is InChI=1S/C25H33ClN8O.2ClH/c26-17-7-5-16(6-8-17)24(35)29-14-13-28-22-21-23(34(15-30-21)20-3-1-2-4-20)33-25(32-22)31-19-11-9-18(27)10-12-19;;/h5-8,15,18-20H,1-4,9-14,27H2,(H,29,35)(H2,28,31,32,33);2*1H. The molecule has 1 amide bonds. The molecule has 9 nitrogen and oxygen atoms in total. The summed E-state index contributed by atoms with van der Waals surface area (Å²) >= 11 is 5.91. The summed E-state index contributed by atoms with van der Waals surface area (Å²) in [5, 5.41) is 10.4. The van der Waals surface area contributed by atoms with Crippen molar-refractivity contribution in [3.8, 4) is 0 Å². The van der Waals surface area contributed by atoms with Crippen molar-refractivity contribution in [3.05, 3.63) is 41.2 Å². The second-order valence-electron chi connectivity index (χ2n) is 9.60. The maximum absolute atomic E-state index is 12.4. The molecular weight excluding hydrogens is 535 g/mol. The summed E-state index contributed by atoms with van der Waals surface area (Å²) in [7, 11) is 0. The Balaban J connectivity index is 0.00000190. The van der Waals surface area contributed by atoms with E-state index in [1.165, 1.54) is 12.8 Å². The molecule has 202 valence electrons. The number of imidazole rings is 1. The number of carbonyl (C=O) groups excluding carboxylic acids is 1. The summed E-state index contributed by atoms with van der Waals surface area (Å²) in [6.45, 7) is 0.957. The van der Waals surface area contributed by atoms with Gasteiger partial charge in [-0.15, -0.1) is 24.8 Å². The average Bonchev–Trinajstić information content (AvgIpc) is 3.53. The van der Waals surface area contributed by atoms with Crippen molar-refractivity contribution in [1.82, 2.24) is 24.8 Å². The number of nitrogens with one attached hydrogen (secondary N) is 3. The second-order valence-corrected chi connectivity index (χ2v) is 10.0. The van der Waals surface area contributed by atoms with Gasteiger partial charge in [-0.25, -0.2) is 4.98 Å². The zero-order valence-electron chi connectivity index (χ0n) is 20.7. The molecule has 2 saturated carbocycles. The van der Waals surface area contributed by atoms with Gasteiger partial charge in [-0.3, -0.25) is 4.79 Å². The van der Waals surface area contributed by atoms with Crippen LogP contribution in [0.4, 0.5) is 11.8 Å². The Morgan fingerprint density at radius 3 is 2.41 bits per heavy atom. The third-order valence-corrected chi connectivity index (χ3v) is 7.31. The van der Waals surface area contributed by atoms with E-state index in [9.17, 15) is 4.79 Å². The molecule has 5 rings (SSSR count). The van der Waals surface area contributed by atoms with Gasteiger partial charge in [-0.1, -0.05) is 24.4 Å². The van der Waals surface area contributed by atoms with E-state index in [-0.39, 0.29) is 30.7 Å². The number of nitrogens with zero attached hydrogens (tertiary/aromatic N) is 4. The first-order chi connectivity index (χ1) is 17.1. The molecule has 0 aliphatic heterocycles. The third kappa shape index (κ3) is 7.16. The smallest absolute Gasteiger partial charge is 0.251 e. The minimum Gasteiger partial charge on any atom is -0.366 e. The number of carbonyl (C=O) groups is 1. The number of nitrogens with two attached hydrogens (primary N) is 1. The van der Waals surface area contributed by atoms with Gasteiger partial charge in [0.2, 0.25) is 5.95 Å². The van der Waals surface area contributed by atoms with Gasteiger partial charge in [0.25, 0.3) is 5.91 Å².